The number of nitrogens with zero attached hydrogens (tertiary/aromatic N) is 1. The van der Waals surface area contributed by atoms with Gasteiger partial charge in [0.2, 0.25) is 0 Å². The van der Waals surface area contributed by atoms with Gasteiger partial charge in [-0.15, -0.1) is 0 Å². The van der Waals surface area contributed by atoms with Gasteiger partial charge in [0.05, 0.1) is 0 Å². The van der Waals surface area contributed by atoms with Crippen molar-refractivity contribution in [2.45, 2.75) is 39.8 Å². The van der Waals surface area contributed by atoms with E-state index in [1.165, 1.54) is 11.1 Å². The minimum atomic E-state index is 0.261. The molecule has 1 rings (SSSR count). The summed E-state index contributed by atoms with van der Waals surface area (Å²) in [5, 5.41) is 0. The fourth-order valence-electron chi connectivity index (χ4n) is 2.17. The zero-order valence-electron chi connectivity index (χ0n) is 12.1. The first-order valence-corrected chi connectivity index (χ1v) is 7.35. The molecule has 2 atom stereocenters. The second kappa shape index (κ2) is 6.69. The molecule has 2 nitrogen and oxygen atoms in total. The maximum Gasteiger partial charge on any atom is 0.0481 e. The van der Waals surface area contributed by atoms with Gasteiger partial charge in [-0.05, 0) is 44.0 Å². The van der Waals surface area contributed by atoms with Crippen LogP contribution in [0.15, 0.2) is 22.7 Å². The van der Waals surface area contributed by atoms with E-state index in [-0.39, 0.29) is 6.04 Å². The number of aryl methyl sites for hydroxylation is 1. The zero-order chi connectivity index (χ0) is 13.9. The van der Waals surface area contributed by atoms with Gasteiger partial charge in [-0.3, -0.25) is 4.90 Å². The summed E-state index contributed by atoms with van der Waals surface area (Å²) in [7, 11) is 2.16. The van der Waals surface area contributed by atoms with Crippen molar-refractivity contribution in [3.05, 3.63) is 33.8 Å². The van der Waals surface area contributed by atoms with Crippen molar-refractivity contribution in [1.82, 2.24) is 4.90 Å². The zero-order valence-corrected chi connectivity index (χ0v) is 13.7. The van der Waals surface area contributed by atoms with Gasteiger partial charge in [0.15, 0.2) is 0 Å². The highest BCUT2D eigenvalue weighted by atomic mass is 79.9. The van der Waals surface area contributed by atoms with Crippen LogP contribution in [0.25, 0.3) is 0 Å². The Morgan fingerprint density at radius 2 is 1.89 bits per heavy atom. The molecule has 102 valence electrons. The van der Waals surface area contributed by atoms with Gasteiger partial charge in [-0.2, -0.15) is 0 Å². The van der Waals surface area contributed by atoms with Crippen molar-refractivity contribution in [3.8, 4) is 0 Å². The third-order valence-corrected chi connectivity index (χ3v) is 4.52. The van der Waals surface area contributed by atoms with Crippen LogP contribution in [0.2, 0.25) is 0 Å². The molecule has 0 saturated carbocycles. The van der Waals surface area contributed by atoms with Crippen molar-refractivity contribution in [3.63, 3.8) is 0 Å². The molecule has 2 N–H and O–H groups in total. The third kappa shape index (κ3) is 3.56. The van der Waals surface area contributed by atoms with Crippen molar-refractivity contribution in [2.24, 2.45) is 11.7 Å². The van der Waals surface area contributed by atoms with E-state index in [1.54, 1.807) is 0 Å². The van der Waals surface area contributed by atoms with Gasteiger partial charge in [0.25, 0.3) is 0 Å². The predicted octanol–water partition coefficient (Wildman–Crippen LogP) is 3.73. The smallest absolute Gasteiger partial charge is 0.0481 e. The Kier molecular flexibility index (Phi) is 5.83. The quantitative estimate of drug-likeness (QED) is 0.897. The minimum absolute atomic E-state index is 0.261. The second-order valence-electron chi connectivity index (χ2n) is 5.43. The molecule has 18 heavy (non-hydrogen) atoms. The molecule has 0 amide bonds. The van der Waals surface area contributed by atoms with E-state index < -0.39 is 0 Å². The lowest BCUT2D eigenvalue weighted by Gasteiger charge is -2.35. The van der Waals surface area contributed by atoms with Crippen molar-refractivity contribution in [1.29, 1.82) is 0 Å². The Morgan fingerprint density at radius 1 is 1.28 bits per heavy atom. The van der Waals surface area contributed by atoms with Crippen LogP contribution in [0.4, 0.5) is 0 Å². The lowest BCUT2D eigenvalue weighted by Crippen LogP contribution is -2.39. The number of hydrogen-bond donors (Lipinski definition) is 1. The fraction of sp³-hybridized carbons (Fsp3) is 0.600. The molecule has 0 aliphatic rings. The first kappa shape index (κ1) is 15.7. The maximum absolute atomic E-state index is 5.99. The summed E-state index contributed by atoms with van der Waals surface area (Å²) < 4.78 is 1.15. The lowest BCUT2D eigenvalue weighted by atomic mass is 9.98. The van der Waals surface area contributed by atoms with Crippen LogP contribution in [-0.2, 0) is 0 Å². The van der Waals surface area contributed by atoms with Crippen LogP contribution in [0.1, 0.15) is 37.9 Å². The summed E-state index contributed by atoms with van der Waals surface area (Å²) >= 11 is 3.66. The van der Waals surface area contributed by atoms with Crippen molar-refractivity contribution >= 4 is 15.9 Å². The second-order valence-corrected chi connectivity index (χ2v) is 6.28. The summed E-state index contributed by atoms with van der Waals surface area (Å²) in [6.45, 7) is 9.49. The van der Waals surface area contributed by atoms with Gasteiger partial charge in [0.1, 0.15) is 0 Å². The van der Waals surface area contributed by atoms with E-state index in [2.05, 4.69) is 73.8 Å². The van der Waals surface area contributed by atoms with Gasteiger partial charge < -0.3 is 5.73 Å². The Bertz CT molecular complexity index is 390. The number of nitrogens with two attached hydrogens (primary N) is 1. The highest BCUT2D eigenvalue weighted by Gasteiger charge is 2.23. The molecule has 0 fully saturated rings. The predicted molar refractivity (Wildman–Crippen MR) is 82.7 cm³/mol. The van der Waals surface area contributed by atoms with Crippen LogP contribution in [0.3, 0.4) is 0 Å². The van der Waals surface area contributed by atoms with Crippen LogP contribution in [0.5, 0.6) is 0 Å². The normalized spacial score (nSPS) is 15.2. The first-order valence-electron chi connectivity index (χ1n) is 6.56. The number of hydrogen-bond acceptors (Lipinski definition) is 2. The summed E-state index contributed by atoms with van der Waals surface area (Å²) in [6, 6.07) is 7.26. The van der Waals surface area contributed by atoms with Crippen molar-refractivity contribution < 1.29 is 0 Å². The van der Waals surface area contributed by atoms with E-state index in [0.29, 0.717) is 18.5 Å². The highest BCUT2D eigenvalue weighted by molar-refractivity contribution is 9.10. The summed E-state index contributed by atoms with van der Waals surface area (Å²) in [5.74, 6) is 0.619. The number of likely N-dealkylation sites (N-methyl/N-ethyl adjacent to an activating group) is 1. The molecule has 2 unspecified atom stereocenters. The Hall–Kier alpha value is -0.380. The van der Waals surface area contributed by atoms with Gasteiger partial charge in [0, 0.05) is 23.1 Å². The number of benzene rings is 1. The van der Waals surface area contributed by atoms with Gasteiger partial charge in [-0.1, -0.05) is 41.9 Å². The molecule has 0 saturated heterocycles. The molecule has 3 heteroatoms. The van der Waals surface area contributed by atoms with E-state index in [0.717, 1.165) is 4.47 Å². The van der Waals surface area contributed by atoms with Crippen LogP contribution >= 0.6 is 15.9 Å². The molecular weight excluding hydrogens is 288 g/mol. The number of rotatable bonds is 5. The van der Waals surface area contributed by atoms with E-state index >= 15 is 0 Å². The monoisotopic (exact) mass is 312 g/mol. The van der Waals surface area contributed by atoms with Crippen LogP contribution < -0.4 is 5.73 Å². The van der Waals surface area contributed by atoms with E-state index in [9.17, 15) is 0 Å². The molecule has 0 aliphatic carbocycles. The molecule has 0 aromatic heterocycles. The van der Waals surface area contributed by atoms with E-state index in [1.807, 2.05) is 0 Å². The van der Waals surface area contributed by atoms with E-state index in [4.69, 9.17) is 5.73 Å². The lowest BCUT2D eigenvalue weighted by molar-refractivity contribution is 0.151. The van der Waals surface area contributed by atoms with Gasteiger partial charge >= 0.3 is 0 Å². The summed E-state index contributed by atoms with van der Waals surface area (Å²) in [4.78, 5) is 2.38. The fourth-order valence-corrected chi connectivity index (χ4v) is 2.93. The van der Waals surface area contributed by atoms with Crippen molar-refractivity contribution in [2.75, 3.05) is 13.6 Å². The molecule has 1 aromatic rings. The Morgan fingerprint density at radius 3 is 2.33 bits per heavy atom. The third-order valence-electron chi connectivity index (χ3n) is 3.84. The molecule has 1 aromatic carbocycles. The molecule has 0 aliphatic heterocycles. The first-order chi connectivity index (χ1) is 8.38. The molecular formula is C15H25BrN2. The van der Waals surface area contributed by atoms with Gasteiger partial charge in [-0.25, -0.2) is 0 Å². The topological polar surface area (TPSA) is 29.3 Å². The van der Waals surface area contributed by atoms with Crippen LogP contribution in [-0.4, -0.2) is 24.5 Å². The minimum Gasteiger partial charge on any atom is -0.329 e. The SMILES string of the molecule is Cc1ccc(C(CN)N(C)C(C)C(C)C)c(Br)c1. The Labute approximate surface area is 120 Å². The highest BCUT2D eigenvalue weighted by Crippen LogP contribution is 2.29. The number of halogens is 1. The molecule has 0 spiro atoms. The molecule has 0 radical (unpaired) electrons. The largest absolute Gasteiger partial charge is 0.329 e. The van der Waals surface area contributed by atoms with Crippen LogP contribution in [0, 0.1) is 12.8 Å². The summed E-state index contributed by atoms with van der Waals surface area (Å²) in [6.07, 6.45) is 0. The molecule has 0 heterocycles. The Balaban J connectivity index is 3.02. The maximum atomic E-state index is 5.99. The standard InChI is InChI=1S/C15H25BrN2/c1-10(2)12(4)18(5)15(9-17)13-7-6-11(3)8-14(13)16/h6-8,10,12,15H,9,17H2,1-5H3. The summed E-state index contributed by atoms with van der Waals surface area (Å²) in [5.41, 5.74) is 8.53. The average Bonchev–Trinajstić information content (AvgIpc) is 2.31. The average molecular weight is 313 g/mol. The molecule has 0 bridgehead atoms.